The van der Waals surface area contributed by atoms with Crippen LogP contribution in [0.5, 0.6) is 5.75 Å². The van der Waals surface area contributed by atoms with Crippen LogP contribution in [0.25, 0.3) is 0 Å². The van der Waals surface area contributed by atoms with Gasteiger partial charge in [-0.05, 0) is 19.4 Å². The molecule has 1 rings (SSSR count). The molecular weight excluding hydrogens is 218 g/mol. The number of carbonyl (C=O) groups is 1. The number of rotatable bonds is 6. The number of hydrogen-bond acceptors (Lipinski definition) is 3. The first-order chi connectivity index (χ1) is 7.99. The number of aliphatic carboxylic acids is 1. The molecule has 0 aromatic heterocycles. The number of nitrogens with one attached hydrogen (secondary N) is 1. The molecule has 0 amide bonds. The minimum atomic E-state index is -0.947. The third-order valence-electron chi connectivity index (χ3n) is 2.88. The maximum atomic E-state index is 11.2. The van der Waals surface area contributed by atoms with Crippen molar-refractivity contribution in [2.24, 2.45) is 0 Å². The molecule has 0 saturated heterocycles. The van der Waals surface area contributed by atoms with Gasteiger partial charge in [0.2, 0.25) is 0 Å². The van der Waals surface area contributed by atoms with E-state index in [1.807, 2.05) is 13.0 Å². The van der Waals surface area contributed by atoms with Gasteiger partial charge < -0.3 is 10.2 Å². The Balaban J connectivity index is 2.71. The van der Waals surface area contributed by atoms with E-state index in [1.54, 1.807) is 25.1 Å². The molecule has 1 aromatic rings. The lowest BCUT2D eigenvalue weighted by Gasteiger charge is -2.26. The zero-order chi connectivity index (χ0) is 12.9. The van der Waals surface area contributed by atoms with Crippen LogP contribution in [0, 0.1) is 0 Å². The lowest BCUT2D eigenvalue weighted by molar-refractivity contribution is -0.144. The van der Waals surface area contributed by atoms with Crippen molar-refractivity contribution >= 4 is 5.97 Å². The number of phenols is 1. The van der Waals surface area contributed by atoms with Crippen LogP contribution < -0.4 is 5.32 Å². The summed E-state index contributed by atoms with van der Waals surface area (Å²) in [7, 11) is 0. The van der Waals surface area contributed by atoms with Crippen LogP contribution in [0.15, 0.2) is 24.3 Å². The SMILES string of the molecule is CCCC(C)(NCc1ccccc1O)C(=O)O. The van der Waals surface area contributed by atoms with E-state index in [0.29, 0.717) is 18.5 Å². The first-order valence-corrected chi connectivity index (χ1v) is 5.75. The Labute approximate surface area is 101 Å². The topological polar surface area (TPSA) is 69.6 Å². The van der Waals surface area contributed by atoms with Gasteiger partial charge in [0.25, 0.3) is 0 Å². The number of para-hydroxylation sites is 1. The summed E-state index contributed by atoms with van der Waals surface area (Å²) < 4.78 is 0. The predicted octanol–water partition coefficient (Wildman–Crippen LogP) is 2.13. The quantitative estimate of drug-likeness (QED) is 0.709. The molecule has 94 valence electrons. The lowest BCUT2D eigenvalue weighted by Crippen LogP contribution is -2.48. The maximum absolute atomic E-state index is 11.2. The van der Waals surface area contributed by atoms with Crippen LogP contribution in [0.2, 0.25) is 0 Å². The van der Waals surface area contributed by atoms with Gasteiger partial charge in [0.1, 0.15) is 11.3 Å². The Bertz CT molecular complexity index is 392. The summed E-state index contributed by atoms with van der Waals surface area (Å²) in [5, 5.41) is 21.8. The van der Waals surface area contributed by atoms with E-state index in [4.69, 9.17) is 0 Å². The molecule has 0 heterocycles. The van der Waals surface area contributed by atoms with Crippen molar-refractivity contribution in [3.05, 3.63) is 29.8 Å². The number of carboxylic acids is 1. The normalized spacial score (nSPS) is 14.2. The predicted molar refractivity (Wildman–Crippen MR) is 65.9 cm³/mol. The molecule has 0 aliphatic carbocycles. The molecule has 0 spiro atoms. The summed E-state index contributed by atoms with van der Waals surface area (Å²) in [4.78, 5) is 11.2. The molecule has 1 unspecified atom stereocenters. The zero-order valence-electron chi connectivity index (χ0n) is 10.2. The van der Waals surface area contributed by atoms with E-state index in [-0.39, 0.29) is 5.75 Å². The van der Waals surface area contributed by atoms with Gasteiger partial charge in [-0.15, -0.1) is 0 Å². The average Bonchev–Trinajstić information content (AvgIpc) is 2.28. The van der Waals surface area contributed by atoms with Crippen LogP contribution in [0.4, 0.5) is 0 Å². The highest BCUT2D eigenvalue weighted by Gasteiger charge is 2.31. The Morgan fingerprint density at radius 2 is 2.06 bits per heavy atom. The number of carboxylic acid groups (broad SMARTS) is 1. The molecule has 4 heteroatoms. The van der Waals surface area contributed by atoms with Crippen LogP contribution in [0.3, 0.4) is 0 Å². The Kier molecular flexibility index (Phi) is 4.52. The molecule has 0 aliphatic rings. The number of benzene rings is 1. The minimum absolute atomic E-state index is 0.184. The average molecular weight is 237 g/mol. The second-order valence-corrected chi connectivity index (χ2v) is 4.37. The van der Waals surface area contributed by atoms with Crippen molar-refractivity contribution in [2.45, 2.75) is 38.8 Å². The molecule has 0 fully saturated rings. The van der Waals surface area contributed by atoms with E-state index in [2.05, 4.69) is 5.32 Å². The van der Waals surface area contributed by atoms with E-state index in [9.17, 15) is 15.0 Å². The highest BCUT2D eigenvalue weighted by Crippen LogP contribution is 2.18. The summed E-state index contributed by atoms with van der Waals surface area (Å²) in [6.45, 7) is 3.96. The van der Waals surface area contributed by atoms with Crippen molar-refractivity contribution in [3.8, 4) is 5.75 Å². The van der Waals surface area contributed by atoms with Crippen molar-refractivity contribution in [3.63, 3.8) is 0 Å². The standard InChI is InChI=1S/C13H19NO3/c1-3-8-13(2,12(16)17)14-9-10-6-4-5-7-11(10)15/h4-7,14-15H,3,8-9H2,1-2H3,(H,16,17). The fraction of sp³-hybridized carbons (Fsp3) is 0.462. The minimum Gasteiger partial charge on any atom is -0.508 e. The summed E-state index contributed by atoms with van der Waals surface area (Å²) in [5.41, 5.74) is -0.243. The van der Waals surface area contributed by atoms with Crippen LogP contribution in [-0.4, -0.2) is 21.7 Å². The first kappa shape index (κ1) is 13.5. The number of phenolic OH excluding ortho intramolecular Hbond substituents is 1. The van der Waals surface area contributed by atoms with E-state index >= 15 is 0 Å². The van der Waals surface area contributed by atoms with Gasteiger partial charge in [-0.1, -0.05) is 31.5 Å². The molecule has 3 N–H and O–H groups in total. The second kappa shape index (κ2) is 5.68. The fourth-order valence-corrected chi connectivity index (χ4v) is 1.72. The van der Waals surface area contributed by atoms with Crippen LogP contribution in [-0.2, 0) is 11.3 Å². The van der Waals surface area contributed by atoms with Gasteiger partial charge in [0, 0.05) is 12.1 Å². The molecule has 0 saturated carbocycles. The summed E-state index contributed by atoms with van der Waals surface area (Å²) in [6, 6.07) is 6.92. The number of hydrogen-bond donors (Lipinski definition) is 3. The van der Waals surface area contributed by atoms with Crippen molar-refractivity contribution < 1.29 is 15.0 Å². The third-order valence-corrected chi connectivity index (χ3v) is 2.88. The Morgan fingerprint density at radius 1 is 1.41 bits per heavy atom. The third kappa shape index (κ3) is 3.46. The van der Waals surface area contributed by atoms with Crippen molar-refractivity contribution in [1.29, 1.82) is 0 Å². The maximum Gasteiger partial charge on any atom is 0.323 e. The van der Waals surface area contributed by atoms with E-state index < -0.39 is 11.5 Å². The van der Waals surface area contributed by atoms with Gasteiger partial charge in [0.15, 0.2) is 0 Å². The molecule has 4 nitrogen and oxygen atoms in total. The summed E-state index contributed by atoms with van der Waals surface area (Å²) in [6.07, 6.45) is 1.34. The smallest absolute Gasteiger partial charge is 0.323 e. The second-order valence-electron chi connectivity index (χ2n) is 4.37. The zero-order valence-corrected chi connectivity index (χ0v) is 10.2. The molecule has 0 aliphatic heterocycles. The molecule has 1 aromatic carbocycles. The molecular formula is C13H19NO3. The molecule has 0 radical (unpaired) electrons. The first-order valence-electron chi connectivity index (χ1n) is 5.75. The van der Waals surface area contributed by atoms with Crippen molar-refractivity contribution in [2.75, 3.05) is 0 Å². The van der Waals surface area contributed by atoms with Crippen molar-refractivity contribution in [1.82, 2.24) is 5.32 Å². The summed E-state index contributed by atoms with van der Waals surface area (Å²) in [5.74, 6) is -0.681. The fourth-order valence-electron chi connectivity index (χ4n) is 1.72. The van der Waals surface area contributed by atoms with Gasteiger partial charge in [0.05, 0.1) is 0 Å². The number of aromatic hydroxyl groups is 1. The molecule has 1 atom stereocenters. The van der Waals surface area contributed by atoms with Crippen LogP contribution in [0.1, 0.15) is 32.3 Å². The molecule has 0 bridgehead atoms. The highest BCUT2D eigenvalue weighted by atomic mass is 16.4. The van der Waals surface area contributed by atoms with Crippen LogP contribution >= 0.6 is 0 Å². The van der Waals surface area contributed by atoms with Gasteiger partial charge >= 0.3 is 5.97 Å². The van der Waals surface area contributed by atoms with Gasteiger partial charge in [-0.2, -0.15) is 0 Å². The largest absolute Gasteiger partial charge is 0.508 e. The van der Waals surface area contributed by atoms with E-state index in [1.165, 1.54) is 0 Å². The van der Waals surface area contributed by atoms with Gasteiger partial charge in [-0.3, -0.25) is 10.1 Å². The van der Waals surface area contributed by atoms with E-state index in [0.717, 1.165) is 6.42 Å². The highest BCUT2D eigenvalue weighted by molar-refractivity contribution is 5.78. The Morgan fingerprint density at radius 3 is 2.59 bits per heavy atom. The Hall–Kier alpha value is -1.55. The summed E-state index contributed by atoms with van der Waals surface area (Å²) >= 11 is 0. The lowest BCUT2D eigenvalue weighted by atomic mass is 9.96. The van der Waals surface area contributed by atoms with Gasteiger partial charge in [-0.25, -0.2) is 0 Å². The monoisotopic (exact) mass is 237 g/mol. The molecule has 17 heavy (non-hydrogen) atoms.